The van der Waals surface area contributed by atoms with Crippen molar-refractivity contribution in [2.45, 2.75) is 19.4 Å². The van der Waals surface area contributed by atoms with Gasteiger partial charge >= 0.3 is 0 Å². The maximum Gasteiger partial charge on any atom is 0.262 e. The number of aromatic nitrogens is 4. The van der Waals surface area contributed by atoms with Crippen molar-refractivity contribution in [3.05, 3.63) is 65.9 Å². The zero-order chi connectivity index (χ0) is 18.5. The molecule has 1 atom stereocenters. The fourth-order valence-corrected chi connectivity index (χ4v) is 3.58. The molecule has 134 valence electrons. The molecule has 0 saturated carbocycles. The van der Waals surface area contributed by atoms with Crippen LogP contribution in [0, 0.1) is 11.6 Å². The first kappa shape index (κ1) is 15.9. The average Bonchev–Trinajstić information content (AvgIpc) is 3.31. The molecule has 1 unspecified atom stereocenters. The highest BCUT2D eigenvalue weighted by molar-refractivity contribution is 5.80. The lowest BCUT2D eigenvalue weighted by Gasteiger charge is -2.24. The van der Waals surface area contributed by atoms with E-state index in [4.69, 9.17) is 4.52 Å². The summed E-state index contributed by atoms with van der Waals surface area (Å²) in [5, 5.41) is 8.29. The predicted molar refractivity (Wildman–Crippen MR) is 94.7 cm³/mol. The van der Waals surface area contributed by atoms with E-state index < -0.39 is 11.6 Å². The minimum Gasteiger partial charge on any atom is -0.333 e. The standard InChI is InChI=1S/C20H14F2N4O/c1-11-10-26-18(14-5-3-2-4-13(11)14)16(9-23-26)20-24-19(25-27-20)15-8-12(21)6-7-17(15)22/h2-9,11H,10H2,1H3. The van der Waals surface area contributed by atoms with E-state index in [1.54, 1.807) is 6.20 Å². The van der Waals surface area contributed by atoms with E-state index in [1.165, 1.54) is 5.56 Å². The summed E-state index contributed by atoms with van der Waals surface area (Å²) in [6.45, 7) is 2.90. The van der Waals surface area contributed by atoms with Crippen LogP contribution in [-0.2, 0) is 6.54 Å². The molecule has 2 aromatic heterocycles. The SMILES string of the molecule is CC1Cn2ncc(-c3nc(-c4cc(F)ccc4F)no3)c2-c2ccccc21. The highest BCUT2D eigenvalue weighted by Crippen LogP contribution is 2.40. The predicted octanol–water partition coefficient (Wildman–Crippen LogP) is 4.66. The Hall–Kier alpha value is -3.35. The molecule has 0 radical (unpaired) electrons. The summed E-state index contributed by atoms with van der Waals surface area (Å²) in [6, 6.07) is 11.3. The lowest BCUT2D eigenvalue weighted by atomic mass is 9.89. The molecule has 5 rings (SSSR count). The van der Waals surface area contributed by atoms with Crippen LogP contribution < -0.4 is 0 Å². The monoisotopic (exact) mass is 364 g/mol. The molecule has 0 bridgehead atoms. The Morgan fingerprint density at radius 3 is 2.81 bits per heavy atom. The number of hydrogen-bond acceptors (Lipinski definition) is 4. The molecule has 4 aromatic rings. The van der Waals surface area contributed by atoms with Crippen molar-refractivity contribution in [2.75, 3.05) is 0 Å². The molecular weight excluding hydrogens is 350 g/mol. The third-order valence-corrected chi connectivity index (χ3v) is 4.86. The minimum absolute atomic E-state index is 0.000544. The Morgan fingerprint density at radius 1 is 1.07 bits per heavy atom. The molecule has 0 aliphatic carbocycles. The molecule has 0 amide bonds. The fourth-order valence-electron chi connectivity index (χ4n) is 3.58. The number of rotatable bonds is 2. The third-order valence-electron chi connectivity index (χ3n) is 4.86. The Labute approximate surface area is 153 Å². The summed E-state index contributed by atoms with van der Waals surface area (Å²) in [5.74, 6) is -0.622. The number of nitrogens with zero attached hydrogens (tertiary/aromatic N) is 4. The van der Waals surface area contributed by atoms with Crippen molar-refractivity contribution in [1.29, 1.82) is 0 Å². The van der Waals surface area contributed by atoms with Crippen LogP contribution in [0.2, 0.25) is 0 Å². The van der Waals surface area contributed by atoms with E-state index in [1.807, 2.05) is 22.9 Å². The smallest absolute Gasteiger partial charge is 0.262 e. The van der Waals surface area contributed by atoms with Gasteiger partial charge in [-0.05, 0) is 23.8 Å². The van der Waals surface area contributed by atoms with Crippen molar-refractivity contribution >= 4 is 0 Å². The van der Waals surface area contributed by atoms with Gasteiger partial charge in [-0.1, -0.05) is 36.3 Å². The summed E-state index contributed by atoms with van der Waals surface area (Å²) < 4.78 is 34.8. The van der Waals surface area contributed by atoms with E-state index in [0.717, 1.165) is 36.0 Å². The Balaban J connectivity index is 1.63. The van der Waals surface area contributed by atoms with Crippen molar-refractivity contribution in [2.24, 2.45) is 0 Å². The maximum absolute atomic E-state index is 14.0. The van der Waals surface area contributed by atoms with Crippen molar-refractivity contribution in [1.82, 2.24) is 19.9 Å². The van der Waals surface area contributed by atoms with E-state index in [2.05, 4.69) is 28.2 Å². The van der Waals surface area contributed by atoms with Crippen LogP contribution in [0.1, 0.15) is 18.4 Å². The molecule has 3 heterocycles. The maximum atomic E-state index is 14.0. The minimum atomic E-state index is -0.611. The van der Waals surface area contributed by atoms with Gasteiger partial charge in [0.25, 0.3) is 5.89 Å². The highest BCUT2D eigenvalue weighted by Gasteiger charge is 2.28. The van der Waals surface area contributed by atoms with E-state index in [-0.39, 0.29) is 17.3 Å². The van der Waals surface area contributed by atoms with Crippen LogP contribution in [0.15, 0.2) is 53.2 Å². The molecule has 27 heavy (non-hydrogen) atoms. The van der Waals surface area contributed by atoms with Gasteiger partial charge in [-0.2, -0.15) is 10.1 Å². The summed E-state index contributed by atoms with van der Waals surface area (Å²) in [4.78, 5) is 4.29. The molecule has 0 fully saturated rings. The Morgan fingerprint density at radius 2 is 1.93 bits per heavy atom. The van der Waals surface area contributed by atoms with Gasteiger partial charge in [0, 0.05) is 18.0 Å². The van der Waals surface area contributed by atoms with Crippen LogP contribution in [0.4, 0.5) is 8.78 Å². The normalized spacial score (nSPS) is 15.4. The molecule has 1 aliphatic rings. The third kappa shape index (κ3) is 2.46. The topological polar surface area (TPSA) is 56.7 Å². The Bertz CT molecular complexity index is 1160. The van der Waals surface area contributed by atoms with Gasteiger partial charge in [-0.3, -0.25) is 4.68 Å². The molecule has 2 aromatic carbocycles. The van der Waals surface area contributed by atoms with E-state index in [9.17, 15) is 8.78 Å². The summed E-state index contributed by atoms with van der Waals surface area (Å²) in [6.07, 6.45) is 1.67. The molecule has 0 N–H and O–H groups in total. The van der Waals surface area contributed by atoms with Crippen LogP contribution >= 0.6 is 0 Å². The number of hydrogen-bond donors (Lipinski definition) is 0. The van der Waals surface area contributed by atoms with Gasteiger partial charge in [-0.25, -0.2) is 8.78 Å². The van der Waals surface area contributed by atoms with Gasteiger partial charge in [0.2, 0.25) is 5.82 Å². The first-order chi connectivity index (χ1) is 13.1. The second-order valence-corrected chi connectivity index (χ2v) is 6.62. The van der Waals surface area contributed by atoms with Crippen molar-refractivity contribution in [3.8, 4) is 34.1 Å². The lowest BCUT2D eigenvalue weighted by molar-refractivity contribution is 0.431. The first-order valence-electron chi connectivity index (χ1n) is 8.56. The summed E-state index contributed by atoms with van der Waals surface area (Å²) >= 11 is 0. The largest absolute Gasteiger partial charge is 0.333 e. The fraction of sp³-hybridized carbons (Fsp3) is 0.150. The number of fused-ring (bicyclic) bond motifs is 3. The summed E-state index contributed by atoms with van der Waals surface area (Å²) in [5.41, 5.74) is 3.80. The second kappa shape index (κ2) is 5.84. The second-order valence-electron chi connectivity index (χ2n) is 6.62. The van der Waals surface area contributed by atoms with Crippen LogP contribution in [0.3, 0.4) is 0 Å². The van der Waals surface area contributed by atoms with Gasteiger partial charge in [0.05, 0.1) is 23.0 Å². The van der Waals surface area contributed by atoms with Crippen LogP contribution in [0.5, 0.6) is 0 Å². The van der Waals surface area contributed by atoms with Crippen molar-refractivity contribution in [3.63, 3.8) is 0 Å². The van der Waals surface area contributed by atoms with Crippen LogP contribution in [0.25, 0.3) is 34.1 Å². The van der Waals surface area contributed by atoms with E-state index in [0.29, 0.717) is 11.5 Å². The molecular formula is C20H14F2N4O. The molecule has 0 saturated heterocycles. The van der Waals surface area contributed by atoms with Gasteiger partial charge in [0.15, 0.2) is 0 Å². The van der Waals surface area contributed by atoms with Gasteiger partial charge in [0.1, 0.15) is 11.6 Å². The van der Waals surface area contributed by atoms with Crippen LogP contribution in [-0.4, -0.2) is 19.9 Å². The quantitative estimate of drug-likeness (QED) is 0.519. The Kier molecular flexibility index (Phi) is 3.43. The number of benzene rings is 2. The molecule has 5 nitrogen and oxygen atoms in total. The zero-order valence-corrected chi connectivity index (χ0v) is 14.4. The number of halogens is 2. The summed E-state index contributed by atoms with van der Waals surface area (Å²) in [7, 11) is 0. The molecule has 0 spiro atoms. The van der Waals surface area contributed by atoms with Crippen molar-refractivity contribution < 1.29 is 13.3 Å². The lowest BCUT2D eigenvalue weighted by Crippen LogP contribution is -2.15. The average molecular weight is 364 g/mol. The van der Waals surface area contributed by atoms with Gasteiger partial charge in [-0.15, -0.1) is 0 Å². The first-order valence-corrected chi connectivity index (χ1v) is 8.56. The molecule has 1 aliphatic heterocycles. The molecule has 7 heteroatoms. The zero-order valence-electron chi connectivity index (χ0n) is 14.4. The van der Waals surface area contributed by atoms with Gasteiger partial charge < -0.3 is 4.52 Å². The van der Waals surface area contributed by atoms with E-state index >= 15 is 0 Å². The highest BCUT2D eigenvalue weighted by atomic mass is 19.1.